The zero-order valence-corrected chi connectivity index (χ0v) is 13.8. The Bertz CT molecular complexity index is 176. The van der Waals surface area contributed by atoms with Crippen molar-refractivity contribution in [1.82, 2.24) is 4.90 Å². The van der Waals surface area contributed by atoms with Gasteiger partial charge in [0.15, 0.2) is 0 Å². The van der Waals surface area contributed by atoms with E-state index in [0.29, 0.717) is 0 Å². The molecule has 0 aromatic heterocycles. The topological polar surface area (TPSA) is 3.24 Å². The van der Waals surface area contributed by atoms with Gasteiger partial charge in [0, 0.05) is 6.54 Å². The lowest BCUT2D eigenvalue weighted by molar-refractivity contribution is 0.232. The molecule has 0 fully saturated rings. The average Bonchev–Trinajstić information content (AvgIpc) is 2.28. The molecule has 0 saturated carbocycles. The fraction of sp³-hybridized carbons (Fsp3) is 1.00. The van der Waals surface area contributed by atoms with Crippen LogP contribution in [-0.4, -0.2) is 24.5 Å². The van der Waals surface area contributed by atoms with Gasteiger partial charge in [0.25, 0.3) is 0 Å². The summed E-state index contributed by atoms with van der Waals surface area (Å²) in [6, 6.07) is 0. The molecule has 0 bridgehead atoms. The van der Waals surface area contributed by atoms with E-state index in [1.54, 1.807) is 0 Å². The van der Waals surface area contributed by atoms with Crippen LogP contribution in [-0.2, 0) is 0 Å². The van der Waals surface area contributed by atoms with Crippen molar-refractivity contribution in [2.75, 3.05) is 19.6 Å². The lowest BCUT2D eigenvalue weighted by atomic mass is 9.92. The van der Waals surface area contributed by atoms with Crippen LogP contribution in [0.15, 0.2) is 0 Å². The Morgan fingerprint density at radius 2 is 1.56 bits per heavy atom. The summed E-state index contributed by atoms with van der Waals surface area (Å²) in [7, 11) is 0. The van der Waals surface area contributed by atoms with E-state index in [-0.39, 0.29) is 0 Å². The van der Waals surface area contributed by atoms with Crippen LogP contribution in [0.1, 0.15) is 73.6 Å². The van der Waals surface area contributed by atoms with Crippen molar-refractivity contribution in [3.05, 3.63) is 0 Å². The summed E-state index contributed by atoms with van der Waals surface area (Å²) in [5, 5.41) is 0. The Kier molecular flexibility index (Phi) is 10.8. The predicted octanol–water partition coefficient (Wildman–Crippen LogP) is 5.21. The largest absolute Gasteiger partial charge is 0.303 e. The third-order valence-electron chi connectivity index (χ3n) is 3.84. The van der Waals surface area contributed by atoms with Crippen molar-refractivity contribution >= 4 is 0 Å². The summed E-state index contributed by atoms with van der Waals surface area (Å²) < 4.78 is 0. The molecule has 0 aromatic carbocycles. The Morgan fingerprint density at radius 1 is 0.889 bits per heavy atom. The second-order valence-corrected chi connectivity index (χ2v) is 6.69. The summed E-state index contributed by atoms with van der Waals surface area (Å²) in [5.74, 6) is 2.61. The summed E-state index contributed by atoms with van der Waals surface area (Å²) in [4.78, 5) is 2.65. The van der Waals surface area contributed by atoms with Crippen LogP contribution in [0.5, 0.6) is 0 Å². The van der Waals surface area contributed by atoms with E-state index in [1.807, 2.05) is 0 Å². The van der Waals surface area contributed by atoms with E-state index in [4.69, 9.17) is 0 Å². The fourth-order valence-corrected chi connectivity index (χ4v) is 2.76. The lowest BCUT2D eigenvalue weighted by Gasteiger charge is -2.24. The molecule has 1 nitrogen and oxygen atoms in total. The first-order valence-corrected chi connectivity index (χ1v) is 8.21. The van der Waals surface area contributed by atoms with Gasteiger partial charge in [0.2, 0.25) is 0 Å². The van der Waals surface area contributed by atoms with Crippen molar-refractivity contribution in [1.29, 1.82) is 0 Å². The molecule has 0 saturated heterocycles. The van der Waals surface area contributed by atoms with Gasteiger partial charge in [-0.05, 0) is 56.5 Å². The summed E-state index contributed by atoms with van der Waals surface area (Å²) in [6.07, 6.45) is 6.82. The Morgan fingerprint density at radius 3 is 2.06 bits per heavy atom. The third-order valence-corrected chi connectivity index (χ3v) is 3.84. The minimum atomic E-state index is 0.800. The van der Waals surface area contributed by atoms with Gasteiger partial charge in [-0.25, -0.2) is 0 Å². The number of hydrogen-bond acceptors (Lipinski definition) is 1. The van der Waals surface area contributed by atoms with E-state index >= 15 is 0 Å². The first-order chi connectivity index (χ1) is 8.49. The summed E-state index contributed by atoms with van der Waals surface area (Å²) >= 11 is 0. The molecule has 0 N–H and O–H groups in total. The predicted molar refractivity (Wildman–Crippen MR) is 84.0 cm³/mol. The van der Waals surface area contributed by atoms with Crippen molar-refractivity contribution in [2.24, 2.45) is 17.8 Å². The summed E-state index contributed by atoms with van der Waals surface area (Å²) in [6.45, 7) is 17.9. The first kappa shape index (κ1) is 18.0. The standard InChI is InChI=1S/C17H37N/c1-7-11-18(14-15(3)4)12-9-10-17(6)13-16(5)8-2/h15-17H,7-14H2,1-6H3. The molecule has 110 valence electrons. The molecule has 2 atom stereocenters. The average molecular weight is 255 g/mol. The van der Waals surface area contributed by atoms with E-state index in [9.17, 15) is 0 Å². The van der Waals surface area contributed by atoms with Crippen LogP contribution < -0.4 is 0 Å². The van der Waals surface area contributed by atoms with Gasteiger partial charge >= 0.3 is 0 Å². The highest BCUT2D eigenvalue weighted by Gasteiger charge is 2.09. The zero-order chi connectivity index (χ0) is 14.0. The van der Waals surface area contributed by atoms with Crippen molar-refractivity contribution in [2.45, 2.75) is 73.6 Å². The molecular weight excluding hydrogens is 218 g/mol. The van der Waals surface area contributed by atoms with Crippen LogP contribution in [0.4, 0.5) is 0 Å². The molecule has 0 spiro atoms. The van der Waals surface area contributed by atoms with Gasteiger partial charge in [-0.3, -0.25) is 0 Å². The normalized spacial score (nSPS) is 15.3. The fourth-order valence-electron chi connectivity index (χ4n) is 2.76. The van der Waals surface area contributed by atoms with Crippen LogP contribution >= 0.6 is 0 Å². The maximum atomic E-state index is 2.65. The Labute approximate surface area is 116 Å². The highest BCUT2D eigenvalue weighted by atomic mass is 15.1. The maximum absolute atomic E-state index is 2.65. The van der Waals surface area contributed by atoms with Crippen LogP contribution in [0.25, 0.3) is 0 Å². The number of hydrogen-bond donors (Lipinski definition) is 0. The van der Waals surface area contributed by atoms with E-state index in [0.717, 1.165) is 17.8 Å². The van der Waals surface area contributed by atoms with Gasteiger partial charge in [-0.15, -0.1) is 0 Å². The first-order valence-electron chi connectivity index (χ1n) is 8.21. The van der Waals surface area contributed by atoms with Crippen LogP contribution in [0.3, 0.4) is 0 Å². The molecule has 0 radical (unpaired) electrons. The second kappa shape index (κ2) is 10.8. The molecule has 0 aromatic rings. The number of rotatable bonds is 11. The van der Waals surface area contributed by atoms with Gasteiger partial charge in [0.1, 0.15) is 0 Å². The monoisotopic (exact) mass is 255 g/mol. The number of nitrogens with zero attached hydrogens (tertiary/aromatic N) is 1. The lowest BCUT2D eigenvalue weighted by Crippen LogP contribution is -2.29. The molecule has 0 aliphatic carbocycles. The molecule has 2 unspecified atom stereocenters. The Balaban J connectivity index is 3.76. The quantitative estimate of drug-likeness (QED) is 0.490. The third kappa shape index (κ3) is 9.94. The molecule has 0 aliphatic rings. The summed E-state index contributed by atoms with van der Waals surface area (Å²) in [5.41, 5.74) is 0. The van der Waals surface area contributed by atoms with Crippen LogP contribution in [0.2, 0.25) is 0 Å². The van der Waals surface area contributed by atoms with Gasteiger partial charge in [-0.1, -0.05) is 48.0 Å². The molecule has 1 heteroatoms. The highest BCUT2D eigenvalue weighted by Crippen LogP contribution is 2.19. The molecule has 0 rings (SSSR count). The van der Waals surface area contributed by atoms with Crippen molar-refractivity contribution in [3.63, 3.8) is 0 Å². The Hall–Kier alpha value is -0.0400. The van der Waals surface area contributed by atoms with E-state index in [2.05, 4.69) is 46.4 Å². The molecule has 0 heterocycles. The van der Waals surface area contributed by atoms with Crippen molar-refractivity contribution in [3.8, 4) is 0 Å². The van der Waals surface area contributed by atoms with Gasteiger partial charge in [-0.2, -0.15) is 0 Å². The van der Waals surface area contributed by atoms with E-state index < -0.39 is 0 Å². The molecular formula is C17H37N. The van der Waals surface area contributed by atoms with E-state index in [1.165, 1.54) is 51.7 Å². The van der Waals surface area contributed by atoms with Gasteiger partial charge < -0.3 is 4.90 Å². The van der Waals surface area contributed by atoms with Gasteiger partial charge in [0.05, 0.1) is 0 Å². The minimum absolute atomic E-state index is 0.800. The second-order valence-electron chi connectivity index (χ2n) is 6.69. The molecule has 0 aliphatic heterocycles. The van der Waals surface area contributed by atoms with Crippen molar-refractivity contribution < 1.29 is 0 Å². The smallest absolute Gasteiger partial charge is 0.000438 e. The van der Waals surface area contributed by atoms with Crippen LogP contribution in [0, 0.1) is 17.8 Å². The molecule has 0 amide bonds. The maximum Gasteiger partial charge on any atom is 0.000438 e. The zero-order valence-electron chi connectivity index (χ0n) is 13.8. The minimum Gasteiger partial charge on any atom is -0.303 e. The highest BCUT2D eigenvalue weighted by molar-refractivity contribution is 4.63. The SMILES string of the molecule is CCCN(CCCC(C)CC(C)CC)CC(C)C. The molecule has 18 heavy (non-hydrogen) atoms.